The van der Waals surface area contributed by atoms with Crippen LogP contribution in [0.4, 0.5) is 0 Å². The van der Waals surface area contributed by atoms with Gasteiger partial charge in [0, 0.05) is 12.1 Å². The van der Waals surface area contributed by atoms with Crippen molar-refractivity contribution in [3.63, 3.8) is 0 Å². The van der Waals surface area contributed by atoms with E-state index in [1.54, 1.807) is 6.20 Å². The Kier molecular flexibility index (Phi) is 3.72. The molecule has 2 heterocycles. The van der Waals surface area contributed by atoms with E-state index in [1.165, 1.54) is 0 Å². The van der Waals surface area contributed by atoms with Crippen LogP contribution in [0.1, 0.15) is 58.4 Å². The number of hydrogen-bond acceptors (Lipinski definition) is 3. The van der Waals surface area contributed by atoms with E-state index >= 15 is 0 Å². The summed E-state index contributed by atoms with van der Waals surface area (Å²) >= 11 is 0. The molecule has 0 bridgehead atoms. The van der Waals surface area contributed by atoms with Gasteiger partial charge in [-0.15, -0.1) is 0 Å². The maximum Gasteiger partial charge on any atom is 0.102 e. The summed E-state index contributed by atoms with van der Waals surface area (Å²) in [6, 6.07) is 3.97. The fraction of sp³-hybridized carbons (Fsp3) is 0.688. The SMILES string of the molecule is CCc1cccnc1C(O)C1CC(C)(C)OC1(C)C. The molecule has 0 radical (unpaired) electrons. The zero-order valence-corrected chi connectivity index (χ0v) is 12.6. The number of aliphatic hydroxyl groups is 1. The number of hydrogen-bond donors (Lipinski definition) is 1. The van der Waals surface area contributed by atoms with Gasteiger partial charge in [-0.2, -0.15) is 0 Å². The second kappa shape index (κ2) is 4.88. The highest BCUT2D eigenvalue weighted by molar-refractivity contribution is 5.23. The Morgan fingerprint density at radius 3 is 2.63 bits per heavy atom. The molecular weight excluding hydrogens is 238 g/mol. The average Bonchev–Trinajstić information content (AvgIpc) is 2.56. The molecule has 2 unspecified atom stereocenters. The summed E-state index contributed by atoms with van der Waals surface area (Å²) in [5, 5.41) is 10.8. The first-order valence-corrected chi connectivity index (χ1v) is 7.09. The van der Waals surface area contributed by atoms with Gasteiger partial charge in [0.15, 0.2) is 0 Å². The third-order valence-corrected chi connectivity index (χ3v) is 4.11. The normalized spacial score (nSPS) is 26.3. The Morgan fingerprint density at radius 2 is 2.11 bits per heavy atom. The maximum atomic E-state index is 10.8. The van der Waals surface area contributed by atoms with Crippen molar-refractivity contribution in [2.45, 2.75) is 64.8 Å². The Bertz CT molecular complexity index is 454. The molecule has 0 aromatic carbocycles. The zero-order chi connectivity index (χ0) is 14.3. The minimum Gasteiger partial charge on any atom is -0.386 e. The van der Waals surface area contributed by atoms with Crippen molar-refractivity contribution < 1.29 is 9.84 Å². The van der Waals surface area contributed by atoms with Gasteiger partial charge in [-0.1, -0.05) is 13.0 Å². The molecule has 2 rings (SSSR count). The van der Waals surface area contributed by atoms with Gasteiger partial charge in [-0.05, 0) is 52.2 Å². The van der Waals surface area contributed by atoms with Gasteiger partial charge in [-0.3, -0.25) is 4.98 Å². The van der Waals surface area contributed by atoms with Crippen LogP contribution in [0.15, 0.2) is 18.3 Å². The van der Waals surface area contributed by atoms with E-state index in [4.69, 9.17) is 4.74 Å². The van der Waals surface area contributed by atoms with Gasteiger partial charge in [0.1, 0.15) is 6.10 Å². The summed E-state index contributed by atoms with van der Waals surface area (Å²) in [5.41, 5.74) is 1.42. The standard InChI is InChI=1S/C16H25NO2/c1-6-11-8-7-9-17-13(11)14(18)12-10-15(2,3)19-16(12,4)5/h7-9,12,14,18H,6,10H2,1-5H3. The van der Waals surface area contributed by atoms with Crippen LogP contribution in [0.25, 0.3) is 0 Å². The number of aryl methyl sites for hydroxylation is 1. The molecule has 0 spiro atoms. The van der Waals surface area contributed by atoms with E-state index in [0.717, 1.165) is 24.1 Å². The van der Waals surface area contributed by atoms with Crippen molar-refractivity contribution in [2.75, 3.05) is 0 Å². The molecule has 1 aliphatic heterocycles. The number of aromatic nitrogens is 1. The van der Waals surface area contributed by atoms with Crippen LogP contribution in [-0.4, -0.2) is 21.3 Å². The fourth-order valence-corrected chi connectivity index (χ4v) is 3.30. The Morgan fingerprint density at radius 1 is 1.42 bits per heavy atom. The highest BCUT2D eigenvalue weighted by Crippen LogP contribution is 2.47. The zero-order valence-electron chi connectivity index (χ0n) is 12.6. The third-order valence-electron chi connectivity index (χ3n) is 4.11. The molecule has 1 aromatic rings. The van der Waals surface area contributed by atoms with E-state index < -0.39 is 6.10 Å². The first-order valence-electron chi connectivity index (χ1n) is 7.09. The quantitative estimate of drug-likeness (QED) is 0.910. The highest BCUT2D eigenvalue weighted by Gasteiger charge is 2.49. The summed E-state index contributed by atoms with van der Waals surface area (Å²) < 4.78 is 6.08. The first kappa shape index (κ1) is 14.5. The molecule has 3 heteroatoms. The van der Waals surface area contributed by atoms with Gasteiger partial charge >= 0.3 is 0 Å². The second-order valence-electron chi connectivity index (χ2n) is 6.62. The van der Waals surface area contributed by atoms with Gasteiger partial charge in [0.25, 0.3) is 0 Å². The van der Waals surface area contributed by atoms with Gasteiger partial charge in [0.2, 0.25) is 0 Å². The Balaban J connectivity index is 2.31. The predicted molar refractivity (Wildman–Crippen MR) is 75.9 cm³/mol. The van der Waals surface area contributed by atoms with E-state index in [-0.39, 0.29) is 17.1 Å². The number of nitrogens with zero attached hydrogens (tertiary/aromatic N) is 1. The van der Waals surface area contributed by atoms with Crippen LogP contribution in [0.2, 0.25) is 0 Å². The van der Waals surface area contributed by atoms with Crippen LogP contribution in [0.5, 0.6) is 0 Å². The largest absolute Gasteiger partial charge is 0.386 e. The lowest BCUT2D eigenvalue weighted by Crippen LogP contribution is -2.33. The lowest BCUT2D eigenvalue weighted by atomic mass is 9.81. The molecule has 1 aromatic heterocycles. The van der Waals surface area contributed by atoms with Gasteiger partial charge in [0.05, 0.1) is 16.9 Å². The number of rotatable bonds is 3. The van der Waals surface area contributed by atoms with Crippen LogP contribution in [0.3, 0.4) is 0 Å². The smallest absolute Gasteiger partial charge is 0.102 e. The van der Waals surface area contributed by atoms with Crippen molar-refractivity contribution in [1.82, 2.24) is 4.98 Å². The maximum absolute atomic E-state index is 10.8. The number of pyridine rings is 1. The van der Waals surface area contributed by atoms with Crippen LogP contribution >= 0.6 is 0 Å². The average molecular weight is 263 g/mol. The minimum absolute atomic E-state index is 0.0719. The van der Waals surface area contributed by atoms with Crippen molar-refractivity contribution in [3.05, 3.63) is 29.6 Å². The molecule has 1 aliphatic rings. The Labute approximate surface area is 116 Å². The summed E-state index contributed by atoms with van der Waals surface area (Å²) in [6.45, 7) is 10.4. The molecule has 106 valence electrons. The van der Waals surface area contributed by atoms with Gasteiger partial charge < -0.3 is 9.84 Å². The second-order valence-corrected chi connectivity index (χ2v) is 6.62. The van der Waals surface area contributed by atoms with Crippen molar-refractivity contribution in [3.8, 4) is 0 Å². The summed E-state index contributed by atoms with van der Waals surface area (Å²) in [4.78, 5) is 4.40. The van der Waals surface area contributed by atoms with Crippen LogP contribution in [-0.2, 0) is 11.2 Å². The minimum atomic E-state index is -0.562. The van der Waals surface area contributed by atoms with Crippen LogP contribution < -0.4 is 0 Å². The molecule has 2 atom stereocenters. The topological polar surface area (TPSA) is 42.4 Å². The van der Waals surface area contributed by atoms with Crippen LogP contribution in [0, 0.1) is 5.92 Å². The first-order chi connectivity index (χ1) is 8.77. The third kappa shape index (κ3) is 2.82. The van der Waals surface area contributed by atoms with Crippen molar-refractivity contribution in [2.24, 2.45) is 5.92 Å². The molecule has 1 saturated heterocycles. The predicted octanol–water partition coefficient (Wildman–Crippen LogP) is 3.27. The van der Waals surface area contributed by atoms with E-state index in [9.17, 15) is 5.11 Å². The number of ether oxygens (including phenoxy) is 1. The fourth-order valence-electron chi connectivity index (χ4n) is 3.30. The van der Waals surface area contributed by atoms with E-state index in [1.807, 2.05) is 12.1 Å². The molecule has 1 fully saturated rings. The van der Waals surface area contributed by atoms with Gasteiger partial charge in [-0.25, -0.2) is 0 Å². The lowest BCUT2D eigenvalue weighted by Gasteiger charge is -2.30. The molecule has 0 aliphatic carbocycles. The molecule has 3 nitrogen and oxygen atoms in total. The molecular formula is C16H25NO2. The summed E-state index contributed by atoms with van der Waals surface area (Å²) in [5.74, 6) is 0.0719. The van der Waals surface area contributed by atoms with Crippen molar-refractivity contribution in [1.29, 1.82) is 0 Å². The molecule has 1 N–H and O–H groups in total. The Hall–Kier alpha value is -0.930. The molecule has 0 amide bonds. The summed E-state index contributed by atoms with van der Waals surface area (Å²) in [7, 11) is 0. The monoisotopic (exact) mass is 263 g/mol. The number of aliphatic hydroxyl groups excluding tert-OH is 1. The van der Waals surface area contributed by atoms with E-state index in [0.29, 0.717) is 0 Å². The molecule has 19 heavy (non-hydrogen) atoms. The van der Waals surface area contributed by atoms with E-state index in [2.05, 4.69) is 39.6 Å². The van der Waals surface area contributed by atoms with Crippen molar-refractivity contribution >= 4 is 0 Å². The molecule has 0 saturated carbocycles. The summed E-state index contributed by atoms with van der Waals surface area (Å²) in [6.07, 6.45) is 2.93. The lowest BCUT2D eigenvalue weighted by molar-refractivity contribution is -0.0884. The highest BCUT2D eigenvalue weighted by atomic mass is 16.5.